The summed E-state index contributed by atoms with van der Waals surface area (Å²) in [7, 11) is 2.11. The molecule has 1 atom stereocenters. The summed E-state index contributed by atoms with van der Waals surface area (Å²) < 4.78 is 0. The lowest BCUT2D eigenvalue weighted by molar-refractivity contribution is 0.170. The van der Waals surface area contributed by atoms with Gasteiger partial charge in [0.05, 0.1) is 10.7 Å². The van der Waals surface area contributed by atoms with Gasteiger partial charge in [-0.25, -0.2) is 4.98 Å². The maximum absolute atomic E-state index is 9.10. The number of aromatic nitrogens is 1. The Morgan fingerprint density at radius 2 is 2.22 bits per heavy atom. The molecule has 0 saturated carbocycles. The Balaban J connectivity index is 2.11. The lowest BCUT2D eigenvalue weighted by atomic mass is 10.1. The molecular weight excluding hydrogens is 250 g/mol. The van der Waals surface area contributed by atoms with E-state index in [9.17, 15) is 0 Å². The van der Waals surface area contributed by atoms with Crippen molar-refractivity contribution in [1.29, 1.82) is 0 Å². The molecule has 1 fully saturated rings. The summed E-state index contributed by atoms with van der Waals surface area (Å²) in [5.74, 6) is 0.980. The zero-order chi connectivity index (χ0) is 13.1. The third-order valence-electron chi connectivity index (χ3n) is 3.57. The van der Waals surface area contributed by atoms with Crippen molar-refractivity contribution in [2.24, 2.45) is 0 Å². The van der Waals surface area contributed by atoms with Crippen molar-refractivity contribution in [2.45, 2.75) is 19.4 Å². The molecule has 1 aliphatic heterocycles. The highest BCUT2D eigenvalue weighted by atomic mass is 35.5. The molecule has 0 aromatic carbocycles. The van der Waals surface area contributed by atoms with E-state index in [0.29, 0.717) is 11.1 Å². The minimum atomic E-state index is 0.232. The fraction of sp³-hybridized carbons (Fsp3) is 0.615. The number of nitrogens with zero attached hydrogens (tertiary/aromatic N) is 3. The van der Waals surface area contributed by atoms with Crippen LogP contribution in [0.15, 0.2) is 12.1 Å². The maximum Gasteiger partial charge on any atom is 0.128 e. The fourth-order valence-electron chi connectivity index (χ4n) is 2.32. The molecule has 0 bridgehead atoms. The molecule has 1 N–H and O–H groups in total. The van der Waals surface area contributed by atoms with Crippen molar-refractivity contribution in [3.05, 3.63) is 22.8 Å². The highest BCUT2D eigenvalue weighted by molar-refractivity contribution is 6.31. The van der Waals surface area contributed by atoms with Crippen LogP contribution in [0.3, 0.4) is 0 Å². The van der Waals surface area contributed by atoms with Crippen LogP contribution in [0.5, 0.6) is 0 Å². The smallest absolute Gasteiger partial charge is 0.128 e. The van der Waals surface area contributed by atoms with Crippen LogP contribution in [0.4, 0.5) is 5.82 Å². The van der Waals surface area contributed by atoms with Crippen LogP contribution in [-0.2, 0) is 0 Å². The van der Waals surface area contributed by atoms with E-state index >= 15 is 0 Å². The zero-order valence-corrected chi connectivity index (χ0v) is 11.7. The Labute approximate surface area is 113 Å². The van der Waals surface area contributed by atoms with E-state index in [1.807, 2.05) is 19.1 Å². The number of aliphatic hydroxyl groups is 1. The van der Waals surface area contributed by atoms with Crippen LogP contribution in [0, 0.1) is 6.92 Å². The lowest BCUT2D eigenvalue weighted by Crippen LogP contribution is -2.52. The molecule has 2 heterocycles. The first-order chi connectivity index (χ1) is 8.61. The van der Waals surface area contributed by atoms with E-state index in [1.165, 1.54) is 0 Å². The number of pyridine rings is 1. The van der Waals surface area contributed by atoms with E-state index in [1.54, 1.807) is 0 Å². The van der Waals surface area contributed by atoms with Crippen molar-refractivity contribution in [3.63, 3.8) is 0 Å². The summed E-state index contributed by atoms with van der Waals surface area (Å²) in [5.41, 5.74) is 0.867. The van der Waals surface area contributed by atoms with Gasteiger partial charge in [-0.3, -0.25) is 4.90 Å². The van der Waals surface area contributed by atoms with Gasteiger partial charge in [0.2, 0.25) is 0 Å². The molecule has 4 nitrogen and oxygen atoms in total. The van der Waals surface area contributed by atoms with Crippen molar-refractivity contribution < 1.29 is 5.11 Å². The Hall–Kier alpha value is -0.840. The first kappa shape index (κ1) is 13.6. The summed E-state index contributed by atoms with van der Waals surface area (Å²) in [6, 6.07) is 4.26. The molecule has 1 aromatic heterocycles. The topological polar surface area (TPSA) is 39.6 Å². The molecule has 0 aliphatic carbocycles. The van der Waals surface area contributed by atoms with Gasteiger partial charge < -0.3 is 10.0 Å². The third kappa shape index (κ3) is 2.94. The summed E-state index contributed by atoms with van der Waals surface area (Å²) in [4.78, 5) is 9.10. The number of anilines is 1. The van der Waals surface area contributed by atoms with Crippen LogP contribution in [0.2, 0.25) is 5.02 Å². The molecule has 100 valence electrons. The number of aryl methyl sites for hydroxylation is 1. The first-order valence-corrected chi connectivity index (χ1v) is 6.69. The van der Waals surface area contributed by atoms with Crippen LogP contribution >= 0.6 is 11.6 Å². The highest BCUT2D eigenvalue weighted by Gasteiger charge is 2.24. The van der Waals surface area contributed by atoms with E-state index in [0.717, 1.165) is 37.6 Å². The number of halogens is 1. The van der Waals surface area contributed by atoms with Crippen molar-refractivity contribution in [1.82, 2.24) is 9.88 Å². The molecule has 18 heavy (non-hydrogen) atoms. The van der Waals surface area contributed by atoms with Gasteiger partial charge in [-0.05, 0) is 32.5 Å². The quantitative estimate of drug-likeness (QED) is 0.904. The molecule has 1 unspecified atom stereocenters. The van der Waals surface area contributed by atoms with Crippen molar-refractivity contribution in [2.75, 3.05) is 38.2 Å². The van der Waals surface area contributed by atoms with Crippen LogP contribution in [0.25, 0.3) is 0 Å². The van der Waals surface area contributed by atoms with Gasteiger partial charge >= 0.3 is 0 Å². The van der Waals surface area contributed by atoms with Crippen molar-refractivity contribution >= 4 is 17.4 Å². The van der Waals surface area contributed by atoms with Gasteiger partial charge in [0.15, 0.2) is 0 Å². The minimum absolute atomic E-state index is 0.232. The summed E-state index contributed by atoms with van der Waals surface area (Å²) >= 11 is 6.00. The third-order valence-corrected chi connectivity index (χ3v) is 3.97. The molecule has 5 heteroatoms. The molecule has 1 aliphatic rings. The number of aliphatic hydroxyl groups excluding tert-OH is 1. The van der Waals surface area contributed by atoms with Crippen LogP contribution < -0.4 is 4.90 Å². The second-order valence-corrected chi connectivity index (χ2v) is 5.24. The number of likely N-dealkylation sites (N-methyl/N-ethyl adjacent to an activating group) is 1. The average Bonchev–Trinajstić information content (AvgIpc) is 2.36. The van der Waals surface area contributed by atoms with E-state index in [-0.39, 0.29) is 6.61 Å². The van der Waals surface area contributed by atoms with Crippen molar-refractivity contribution in [3.8, 4) is 0 Å². The highest BCUT2D eigenvalue weighted by Crippen LogP contribution is 2.21. The molecule has 1 saturated heterocycles. The van der Waals surface area contributed by atoms with Gasteiger partial charge in [0.25, 0.3) is 0 Å². The van der Waals surface area contributed by atoms with Gasteiger partial charge in [-0.1, -0.05) is 11.6 Å². The predicted molar refractivity (Wildman–Crippen MR) is 74.3 cm³/mol. The van der Waals surface area contributed by atoms with Gasteiger partial charge in [0, 0.05) is 32.3 Å². The SMILES string of the molecule is Cc1nc(N2CCN(C)C(CCO)C2)ccc1Cl. The molecular formula is C13H20ClN3O. The fourth-order valence-corrected chi connectivity index (χ4v) is 2.43. The lowest BCUT2D eigenvalue weighted by Gasteiger charge is -2.40. The number of hydrogen-bond donors (Lipinski definition) is 1. The molecule has 0 spiro atoms. The Bertz CT molecular complexity index is 413. The predicted octanol–water partition coefficient (Wildman–Crippen LogP) is 1.55. The van der Waals surface area contributed by atoms with Crippen LogP contribution in [0.1, 0.15) is 12.1 Å². The van der Waals surface area contributed by atoms with Crippen LogP contribution in [-0.4, -0.2) is 54.3 Å². The van der Waals surface area contributed by atoms with Gasteiger partial charge in [-0.2, -0.15) is 0 Å². The van der Waals surface area contributed by atoms with E-state index < -0.39 is 0 Å². The monoisotopic (exact) mass is 269 g/mol. The number of hydrogen-bond acceptors (Lipinski definition) is 4. The molecule has 2 rings (SSSR count). The number of piperazine rings is 1. The second-order valence-electron chi connectivity index (χ2n) is 4.83. The van der Waals surface area contributed by atoms with Gasteiger partial charge in [-0.15, -0.1) is 0 Å². The van der Waals surface area contributed by atoms with E-state index in [4.69, 9.17) is 16.7 Å². The standard InChI is InChI=1S/C13H20ClN3O/c1-10-12(14)3-4-13(15-10)17-7-6-16(2)11(9-17)5-8-18/h3-4,11,18H,5-9H2,1-2H3. The van der Waals surface area contributed by atoms with E-state index in [2.05, 4.69) is 21.8 Å². The summed E-state index contributed by atoms with van der Waals surface area (Å²) in [5, 5.41) is 9.80. The summed E-state index contributed by atoms with van der Waals surface area (Å²) in [6.07, 6.45) is 0.805. The van der Waals surface area contributed by atoms with Gasteiger partial charge in [0.1, 0.15) is 5.82 Å². The molecule has 1 aromatic rings. The number of rotatable bonds is 3. The summed E-state index contributed by atoms with van der Waals surface area (Å²) in [6.45, 7) is 5.02. The Kier molecular flexibility index (Phi) is 4.43. The zero-order valence-electron chi connectivity index (χ0n) is 10.9. The minimum Gasteiger partial charge on any atom is -0.396 e. The largest absolute Gasteiger partial charge is 0.396 e. The maximum atomic E-state index is 9.10. The Morgan fingerprint density at radius 1 is 1.44 bits per heavy atom. The first-order valence-electron chi connectivity index (χ1n) is 6.31. The normalized spacial score (nSPS) is 21.3. The Morgan fingerprint density at radius 3 is 2.89 bits per heavy atom. The molecule has 0 amide bonds. The average molecular weight is 270 g/mol. The second kappa shape index (κ2) is 5.87. The molecule has 0 radical (unpaired) electrons.